The smallest absolute Gasteiger partial charge is 0.138 e. The fraction of sp³-hybridized carbons (Fsp3) is 0.643. The second-order valence-electron chi connectivity index (χ2n) is 8.73. The molecule has 0 amide bonds. The van der Waals surface area contributed by atoms with Crippen LogP contribution in [0.15, 0.2) is 30.3 Å². The molecule has 2 aromatic rings. The van der Waals surface area contributed by atoms with Crippen molar-refractivity contribution < 1.29 is 9.47 Å². The van der Waals surface area contributed by atoms with Gasteiger partial charge in [-0.15, -0.1) is 0 Å². The van der Waals surface area contributed by atoms with E-state index in [4.69, 9.17) is 21.1 Å². The Morgan fingerprint density at radius 3 is 1.74 bits per heavy atom. The molecule has 3 heteroatoms. The van der Waals surface area contributed by atoms with Gasteiger partial charge in [-0.25, -0.2) is 0 Å². The minimum absolute atomic E-state index is 0.680. The molecule has 0 spiro atoms. The quantitative estimate of drug-likeness (QED) is 0.212. The highest BCUT2D eigenvalue weighted by Gasteiger charge is 2.06. The number of benzene rings is 2. The Labute approximate surface area is 195 Å². The van der Waals surface area contributed by atoms with E-state index in [0.29, 0.717) is 5.02 Å². The first-order valence-corrected chi connectivity index (χ1v) is 13.1. The number of hydrogen-bond donors (Lipinski definition) is 0. The molecule has 174 valence electrons. The van der Waals surface area contributed by atoms with Gasteiger partial charge in [0.2, 0.25) is 0 Å². The van der Waals surface area contributed by atoms with Crippen LogP contribution in [0.5, 0.6) is 11.5 Å². The number of hydrogen-bond acceptors (Lipinski definition) is 2. The molecule has 0 atom stereocenters. The van der Waals surface area contributed by atoms with Crippen molar-refractivity contribution in [2.45, 2.75) is 104 Å². The van der Waals surface area contributed by atoms with Crippen molar-refractivity contribution in [3.8, 4) is 11.5 Å². The van der Waals surface area contributed by atoms with Gasteiger partial charge in [0, 0.05) is 0 Å². The van der Waals surface area contributed by atoms with E-state index in [1.54, 1.807) is 0 Å². The van der Waals surface area contributed by atoms with E-state index in [0.717, 1.165) is 48.3 Å². The Kier molecular flexibility index (Phi) is 13.6. The Hall–Kier alpha value is -1.41. The maximum absolute atomic E-state index is 6.48. The standard InChI is InChI=1S/C28H43ClO2/c1-3-5-7-9-11-13-15-19-30-26-18-17-24-23-28(27(29)22-25(24)21-26)31-20-16-14-12-10-8-6-4-2/h17-18,21-23H,3-16,19-20H2,1-2H3. The van der Waals surface area contributed by atoms with Gasteiger partial charge in [0.15, 0.2) is 0 Å². The molecule has 0 aliphatic rings. The molecule has 0 aromatic heterocycles. The van der Waals surface area contributed by atoms with Crippen LogP contribution in [0, 0.1) is 0 Å². The second-order valence-corrected chi connectivity index (χ2v) is 9.14. The van der Waals surface area contributed by atoms with Crippen LogP contribution >= 0.6 is 11.6 Å². The Morgan fingerprint density at radius 2 is 1.13 bits per heavy atom. The van der Waals surface area contributed by atoms with E-state index >= 15 is 0 Å². The largest absolute Gasteiger partial charge is 0.494 e. The second kappa shape index (κ2) is 16.3. The summed E-state index contributed by atoms with van der Waals surface area (Å²) >= 11 is 6.48. The van der Waals surface area contributed by atoms with Gasteiger partial charge in [-0.3, -0.25) is 0 Å². The molecule has 0 saturated carbocycles. The van der Waals surface area contributed by atoms with E-state index in [9.17, 15) is 0 Å². The van der Waals surface area contributed by atoms with Crippen LogP contribution < -0.4 is 9.47 Å². The first-order chi connectivity index (χ1) is 15.2. The van der Waals surface area contributed by atoms with Gasteiger partial charge in [0.1, 0.15) is 11.5 Å². The molecular formula is C28H43ClO2. The fourth-order valence-electron chi connectivity index (χ4n) is 3.92. The Bertz CT molecular complexity index is 728. The Morgan fingerprint density at radius 1 is 0.581 bits per heavy atom. The highest BCUT2D eigenvalue weighted by molar-refractivity contribution is 6.32. The molecule has 31 heavy (non-hydrogen) atoms. The lowest BCUT2D eigenvalue weighted by atomic mass is 10.1. The van der Waals surface area contributed by atoms with Crippen molar-refractivity contribution in [3.05, 3.63) is 35.4 Å². The van der Waals surface area contributed by atoms with E-state index < -0.39 is 0 Å². The third-order valence-electron chi connectivity index (χ3n) is 5.88. The highest BCUT2D eigenvalue weighted by atomic mass is 35.5. The van der Waals surface area contributed by atoms with Crippen molar-refractivity contribution in [2.75, 3.05) is 13.2 Å². The Balaban J connectivity index is 1.71. The van der Waals surface area contributed by atoms with Crippen LogP contribution in [0.3, 0.4) is 0 Å². The molecule has 0 N–H and O–H groups in total. The van der Waals surface area contributed by atoms with Crippen molar-refractivity contribution in [1.82, 2.24) is 0 Å². The molecule has 0 bridgehead atoms. The van der Waals surface area contributed by atoms with Crippen LogP contribution in [0.1, 0.15) is 104 Å². The topological polar surface area (TPSA) is 18.5 Å². The summed E-state index contributed by atoms with van der Waals surface area (Å²) in [7, 11) is 0. The van der Waals surface area contributed by atoms with Gasteiger partial charge in [-0.05, 0) is 47.9 Å². The van der Waals surface area contributed by atoms with E-state index in [1.807, 2.05) is 6.07 Å². The van der Waals surface area contributed by atoms with Gasteiger partial charge in [-0.1, -0.05) is 109 Å². The van der Waals surface area contributed by atoms with Crippen LogP contribution in [-0.4, -0.2) is 13.2 Å². The number of rotatable bonds is 18. The molecule has 0 saturated heterocycles. The third-order valence-corrected chi connectivity index (χ3v) is 6.18. The maximum Gasteiger partial charge on any atom is 0.138 e. The minimum Gasteiger partial charge on any atom is -0.494 e. The molecule has 0 aliphatic heterocycles. The van der Waals surface area contributed by atoms with Crippen molar-refractivity contribution in [1.29, 1.82) is 0 Å². The van der Waals surface area contributed by atoms with E-state index in [1.165, 1.54) is 77.0 Å². The van der Waals surface area contributed by atoms with Gasteiger partial charge in [0.25, 0.3) is 0 Å². The van der Waals surface area contributed by atoms with Gasteiger partial charge in [-0.2, -0.15) is 0 Å². The van der Waals surface area contributed by atoms with E-state index in [2.05, 4.69) is 38.1 Å². The van der Waals surface area contributed by atoms with Crippen LogP contribution in [0.25, 0.3) is 10.8 Å². The van der Waals surface area contributed by atoms with Gasteiger partial charge < -0.3 is 9.47 Å². The van der Waals surface area contributed by atoms with Gasteiger partial charge >= 0.3 is 0 Å². The molecule has 2 nitrogen and oxygen atoms in total. The molecule has 0 fully saturated rings. The highest BCUT2D eigenvalue weighted by Crippen LogP contribution is 2.32. The van der Waals surface area contributed by atoms with Crippen molar-refractivity contribution >= 4 is 22.4 Å². The molecule has 0 aliphatic carbocycles. The first-order valence-electron chi connectivity index (χ1n) is 12.7. The molecule has 0 unspecified atom stereocenters. The zero-order valence-corrected chi connectivity index (χ0v) is 20.7. The van der Waals surface area contributed by atoms with Crippen LogP contribution in [0.4, 0.5) is 0 Å². The third kappa shape index (κ3) is 10.6. The maximum atomic E-state index is 6.48. The summed E-state index contributed by atoms with van der Waals surface area (Å²) in [5, 5.41) is 2.92. The molecular weight excluding hydrogens is 404 g/mol. The van der Waals surface area contributed by atoms with Crippen molar-refractivity contribution in [2.24, 2.45) is 0 Å². The zero-order chi connectivity index (χ0) is 22.2. The van der Waals surface area contributed by atoms with Gasteiger partial charge in [0.05, 0.1) is 18.2 Å². The van der Waals surface area contributed by atoms with Crippen LogP contribution in [-0.2, 0) is 0 Å². The minimum atomic E-state index is 0.680. The summed E-state index contributed by atoms with van der Waals surface area (Å²) in [6, 6.07) is 10.3. The number of fused-ring (bicyclic) bond motifs is 1. The SMILES string of the molecule is CCCCCCCCCOc1ccc2cc(OCCCCCCCCC)c(Cl)cc2c1. The summed E-state index contributed by atoms with van der Waals surface area (Å²) in [5.74, 6) is 1.71. The lowest BCUT2D eigenvalue weighted by molar-refractivity contribution is 0.304. The predicted molar refractivity (Wildman–Crippen MR) is 136 cm³/mol. The monoisotopic (exact) mass is 446 g/mol. The number of unbranched alkanes of at least 4 members (excludes halogenated alkanes) is 12. The zero-order valence-electron chi connectivity index (χ0n) is 19.9. The first kappa shape index (κ1) is 25.8. The predicted octanol–water partition coefficient (Wildman–Crippen LogP) is 9.75. The molecule has 0 radical (unpaired) electrons. The van der Waals surface area contributed by atoms with E-state index in [-0.39, 0.29) is 0 Å². The average molecular weight is 447 g/mol. The van der Waals surface area contributed by atoms with Crippen LogP contribution in [0.2, 0.25) is 5.02 Å². The van der Waals surface area contributed by atoms with Crippen molar-refractivity contribution in [3.63, 3.8) is 0 Å². The molecule has 2 rings (SSSR count). The number of ether oxygens (including phenoxy) is 2. The summed E-state index contributed by atoms with van der Waals surface area (Å²) in [4.78, 5) is 0. The molecule has 0 heterocycles. The molecule has 2 aromatic carbocycles. The summed E-state index contributed by atoms with van der Waals surface area (Å²) in [5.41, 5.74) is 0. The average Bonchev–Trinajstić information content (AvgIpc) is 2.77. The number of halogens is 1. The lowest BCUT2D eigenvalue weighted by Crippen LogP contribution is -1.99. The fourth-order valence-corrected chi connectivity index (χ4v) is 4.14. The normalized spacial score (nSPS) is 11.2. The summed E-state index contributed by atoms with van der Waals surface area (Å²) in [6.45, 7) is 6.03. The lowest BCUT2D eigenvalue weighted by Gasteiger charge is -2.11. The summed E-state index contributed by atoms with van der Waals surface area (Å²) in [6.07, 6.45) is 18.1. The summed E-state index contributed by atoms with van der Waals surface area (Å²) < 4.78 is 11.9.